The summed E-state index contributed by atoms with van der Waals surface area (Å²) in [6.07, 6.45) is 1.82. The fourth-order valence-electron chi connectivity index (χ4n) is 1.95. The highest BCUT2D eigenvalue weighted by Crippen LogP contribution is 2.13. The van der Waals surface area contributed by atoms with Gasteiger partial charge in [-0.2, -0.15) is 0 Å². The van der Waals surface area contributed by atoms with Crippen LogP contribution in [-0.2, 0) is 6.54 Å². The zero-order valence-electron chi connectivity index (χ0n) is 10.5. The van der Waals surface area contributed by atoms with Gasteiger partial charge in [-0.25, -0.2) is 0 Å². The smallest absolute Gasteiger partial charge is 0.104 e. The highest BCUT2D eigenvalue weighted by Gasteiger charge is 2.20. The average molecular weight is 236 g/mol. The maximum atomic E-state index is 9.08. The molecule has 0 aliphatic rings. The largest absolute Gasteiger partial charge is 0.391 e. The van der Waals surface area contributed by atoms with Crippen LogP contribution in [0.25, 0.3) is 6.08 Å². The molecule has 1 rings (SSSR count). The Morgan fingerprint density at radius 2 is 1.65 bits per heavy atom. The molecule has 94 valence electrons. The van der Waals surface area contributed by atoms with Crippen LogP contribution in [0, 0.1) is 0 Å². The molecule has 3 heteroatoms. The first-order chi connectivity index (χ1) is 8.13. The van der Waals surface area contributed by atoms with Gasteiger partial charge < -0.3 is 14.7 Å². The molecule has 0 aliphatic heterocycles. The average Bonchev–Trinajstić information content (AvgIpc) is 2.30. The fourth-order valence-corrected chi connectivity index (χ4v) is 1.95. The summed E-state index contributed by atoms with van der Waals surface area (Å²) in [5.41, 5.74) is 2.31. The number of likely N-dealkylation sites (N-methyl/N-ethyl adjacent to an activating group) is 1. The Bertz CT molecular complexity index is 340. The first-order valence-corrected chi connectivity index (χ1v) is 5.90. The molecular formula is C14H22NO2+. The van der Waals surface area contributed by atoms with Gasteiger partial charge in [0.1, 0.15) is 19.6 Å². The first kappa shape index (κ1) is 13.9. The van der Waals surface area contributed by atoms with E-state index < -0.39 is 0 Å². The van der Waals surface area contributed by atoms with Gasteiger partial charge in [0.2, 0.25) is 0 Å². The minimum atomic E-state index is 0.140. The molecule has 0 spiro atoms. The Kier molecular flexibility index (Phi) is 5.35. The summed E-state index contributed by atoms with van der Waals surface area (Å²) >= 11 is 0. The van der Waals surface area contributed by atoms with E-state index >= 15 is 0 Å². The second kappa shape index (κ2) is 6.55. The van der Waals surface area contributed by atoms with Crippen molar-refractivity contribution in [3.63, 3.8) is 0 Å². The topological polar surface area (TPSA) is 40.5 Å². The standard InChI is InChI=1S/C14H22NO2/c1-3-13-4-6-14(7-5-13)12-15(2,8-10-16)9-11-17/h3-7,16-17H,1,8-12H2,2H3/q+1. The molecule has 0 radical (unpaired) electrons. The van der Waals surface area contributed by atoms with Gasteiger partial charge in [0.05, 0.1) is 20.3 Å². The van der Waals surface area contributed by atoms with Crippen molar-refractivity contribution in [2.24, 2.45) is 0 Å². The zero-order chi connectivity index (χ0) is 12.7. The molecule has 0 unspecified atom stereocenters. The van der Waals surface area contributed by atoms with Crippen LogP contribution in [-0.4, -0.2) is 48.0 Å². The molecule has 0 fully saturated rings. The third-order valence-corrected chi connectivity index (χ3v) is 3.06. The molecule has 3 nitrogen and oxygen atoms in total. The molecule has 0 heterocycles. The van der Waals surface area contributed by atoms with Crippen molar-refractivity contribution in [3.8, 4) is 0 Å². The van der Waals surface area contributed by atoms with E-state index in [9.17, 15) is 0 Å². The van der Waals surface area contributed by atoms with Crippen molar-refractivity contribution in [1.29, 1.82) is 0 Å². The van der Waals surface area contributed by atoms with Crippen LogP contribution in [0.5, 0.6) is 0 Å². The molecule has 0 saturated carbocycles. The Morgan fingerprint density at radius 1 is 1.12 bits per heavy atom. The summed E-state index contributed by atoms with van der Waals surface area (Å²) < 4.78 is 0.653. The van der Waals surface area contributed by atoms with E-state index in [2.05, 4.69) is 18.7 Å². The molecular weight excluding hydrogens is 214 g/mol. The Balaban J connectivity index is 2.74. The highest BCUT2D eigenvalue weighted by atomic mass is 16.3. The van der Waals surface area contributed by atoms with Crippen LogP contribution in [0.3, 0.4) is 0 Å². The van der Waals surface area contributed by atoms with E-state index in [0.717, 1.165) is 12.1 Å². The third-order valence-electron chi connectivity index (χ3n) is 3.06. The van der Waals surface area contributed by atoms with Crippen LogP contribution >= 0.6 is 0 Å². The number of hydrogen-bond donors (Lipinski definition) is 2. The van der Waals surface area contributed by atoms with E-state index in [1.165, 1.54) is 5.56 Å². The minimum Gasteiger partial charge on any atom is -0.391 e. The highest BCUT2D eigenvalue weighted by molar-refractivity contribution is 5.47. The fraction of sp³-hybridized carbons (Fsp3) is 0.429. The molecule has 0 bridgehead atoms. The van der Waals surface area contributed by atoms with Crippen molar-refractivity contribution >= 4 is 6.08 Å². The maximum absolute atomic E-state index is 9.08. The van der Waals surface area contributed by atoms with Gasteiger partial charge in [0.15, 0.2) is 0 Å². The number of benzene rings is 1. The Labute approximate surface area is 103 Å². The van der Waals surface area contributed by atoms with Crippen LogP contribution < -0.4 is 0 Å². The lowest BCUT2D eigenvalue weighted by Crippen LogP contribution is -2.47. The number of aliphatic hydroxyl groups is 2. The summed E-state index contributed by atoms with van der Waals surface area (Å²) in [5.74, 6) is 0. The number of rotatable bonds is 7. The third kappa shape index (κ3) is 4.30. The summed E-state index contributed by atoms with van der Waals surface area (Å²) in [6, 6.07) is 8.21. The molecule has 0 amide bonds. The number of quaternary nitrogens is 1. The van der Waals surface area contributed by atoms with E-state index in [0.29, 0.717) is 17.6 Å². The van der Waals surface area contributed by atoms with Crippen molar-refractivity contribution < 1.29 is 14.7 Å². The summed E-state index contributed by atoms with van der Waals surface area (Å²) in [7, 11) is 2.05. The lowest BCUT2D eigenvalue weighted by atomic mass is 10.1. The van der Waals surface area contributed by atoms with Gasteiger partial charge in [-0.15, -0.1) is 0 Å². The van der Waals surface area contributed by atoms with E-state index in [-0.39, 0.29) is 13.2 Å². The first-order valence-electron chi connectivity index (χ1n) is 5.90. The van der Waals surface area contributed by atoms with Gasteiger partial charge in [0.25, 0.3) is 0 Å². The SMILES string of the molecule is C=Cc1ccc(C[N+](C)(CCO)CCO)cc1. The quantitative estimate of drug-likeness (QED) is 0.700. The predicted octanol–water partition coefficient (Wildman–Crippen LogP) is 1.26. The van der Waals surface area contributed by atoms with E-state index in [1.54, 1.807) is 0 Å². The monoisotopic (exact) mass is 236 g/mol. The number of hydrogen-bond acceptors (Lipinski definition) is 2. The van der Waals surface area contributed by atoms with Gasteiger partial charge >= 0.3 is 0 Å². The minimum absolute atomic E-state index is 0.140. The van der Waals surface area contributed by atoms with Crippen molar-refractivity contribution in [2.45, 2.75) is 6.54 Å². The van der Waals surface area contributed by atoms with Crippen molar-refractivity contribution in [1.82, 2.24) is 0 Å². The molecule has 0 aromatic heterocycles. The van der Waals surface area contributed by atoms with Gasteiger partial charge in [-0.3, -0.25) is 0 Å². The normalized spacial score (nSPS) is 11.5. The second-order valence-corrected chi connectivity index (χ2v) is 4.62. The predicted molar refractivity (Wildman–Crippen MR) is 70.3 cm³/mol. The number of nitrogens with zero attached hydrogens (tertiary/aromatic N) is 1. The van der Waals surface area contributed by atoms with Crippen molar-refractivity contribution in [3.05, 3.63) is 42.0 Å². The van der Waals surface area contributed by atoms with E-state index in [4.69, 9.17) is 10.2 Å². The summed E-state index contributed by atoms with van der Waals surface area (Å²) in [6.45, 7) is 6.14. The molecule has 17 heavy (non-hydrogen) atoms. The van der Waals surface area contributed by atoms with Crippen LogP contribution in [0.4, 0.5) is 0 Å². The molecule has 1 aromatic rings. The Hall–Kier alpha value is -1.16. The molecule has 2 N–H and O–H groups in total. The maximum Gasteiger partial charge on any atom is 0.104 e. The van der Waals surface area contributed by atoms with Gasteiger partial charge in [-0.05, 0) is 5.56 Å². The van der Waals surface area contributed by atoms with Crippen molar-refractivity contribution in [2.75, 3.05) is 33.4 Å². The molecule has 0 aliphatic carbocycles. The van der Waals surface area contributed by atoms with Crippen LogP contribution in [0.1, 0.15) is 11.1 Å². The lowest BCUT2D eigenvalue weighted by molar-refractivity contribution is -0.923. The molecule has 0 saturated heterocycles. The Morgan fingerprint density at radius 3 is 2.06 bits per heavy atom. The summed E-state index contributed by atoms with van der Waals surface area (Å²) in [4.78, 5) is 0. The van der Waals surface area contributed by atoms with Crippen LogP contribution in [0.15, 0.2) is 30.8 Å². The lowest BCUT2D eigenvalue weighted by Gasteiger charge is -2.33. The second-order valence-electron chi connectivity index (χ2n) is 4.62. The van der Waals surface area contributed by atoms with E-state index in [1.807, 2.05) is 25.3 Å². The molecule has 1 aromatic carbocycles. The van der Waals surface area contributed by atoms with Gasteiger partial charge in [-0.1, -0.05) is 36.9 Å². The number of aliphatic hydroxyl groups excluding tert-OH is 2. The van der Waals surface area contributed by atoms with Crippen LogP contribution in [0.2, 0.25) is 0 Å². The van der Waals surface area contributed by atoms with Gasteiger partial charge in [0, 0.05) is 5.56 Å². The molecule has 0 atom stereocenters. The summed E-state index contributed by atoms with van der Waals surface area (Å²) in [5, 5.41) is 18.2. The zero-order valence-corrected chi connectivity index (χ0v) is 10.5.